The van der Waals surface area contributed by atoms with Gasteiger partial charge in [0.2, 0.25) is 0 Å². The molecule has 3 rings (SSSR count). The number of benzene rings is 2. The van der Waals surface area contributed by atoms with Crippen molar-refractivity contribution in [2.75, 3.05) is 10.0 Å². The number of nitrogens with one attached hydrogen (secondary N) is 2. The van der Waals surface area contributed by atoms with Gasteiger partial charge in [-0.15, -0.1) is 11.3 Å². The number of hydrogen-bond donors (Lipinski definition) is 2. The van der Waals surface area contributed by atoms with Crippen molar-refractivity contribution in [3.8, 4) is 0 Å². The van der Waals surface area contributed by atoms with Crippen LogP contribution in [0.25, 0.3) is 0 Å². The molecule has 2 N–H and O–H groups in total. The zero-order valence-electron chi connectivity index (χ0n) is 14.8. The van der Waals surface area contributed by atoms with E-state index in [2.05, 4.69) is 15.0 Å². The summed E-state index contributed by atoms with van der Waals surface area (Å²) in [6, 6.07) is 7.95. The summed E-state index contributed by atoms with van der Waals surface area (Å²) in [6.07, 6.45) is -3.28. The van der Waals surface area contributed by atoms with Gasteiger partial charge >= 0.3 is 6.18 Å². The summed E-state index contributed by atoms with van der Waals surface area (Å²) in [7, 11) is -4.22. The van der Waals surface area contributed by atoms with Crippen molar-refractivity contribution < 1.29 is 26.4 Å². The average Bonchev–Trinajstić information content (AvgIpc) is 3.14. The van der Waals surface area contributed by atoms with E-state index in [1.54, 1.807) is 24.4 Å². The second-order valence-electron chi connectivity index (χ2n) is 5.97. The van der Waals surface area contributed by atoms with Crippen molar-refractivity contribution >= 4 is 38.1 Å². The summed E-state index contributed by atoms with van der Waals surface area (Å²) in [5, 5.41) is 4.25. The molecule has 0 bridgehead atoms. The molecule has 1 amide bonds. The van der Waals surface area contributed by atoms with Crippen LogP contribution in [-0.2, 0) is 16.2 Å². The average molecular weight is 441 g/mol. The van der Waals surface area contributed by atoms with Gasteiger partial charge in [0.15, 0.2) is 5.13 Å². The molecule has 11 heteroatoms. The Hall–Kier alpha value is -2.92. The lowest BCUT2D eigenvalue weighted by Gasteiger charge is -2.15. The third-order valence-electron chi connectivity index (χ3n) is 3.82. The minimum atomic E-state index is -4.71. The maximum Gasteiger partial charge on any atom is 0.416 e. The van der Waals surface area contributed by atoms with Gasteiger partial charge in [0.1, 0.15) is 0 Å². The number of carbonyl (C=O) groups excluding carboxylic acids is 1. The molecule has 2 aromatic carbocycles. The number of nitrogens with zero attached hydrogens (tertiary/aromatic N) is 1. The standard InChI is InChI=1S/C18H14F3N3O3S2/c1-11-2-5-13(6-3-11)29(26,27)24-15-10-12(18(19,20)21)4-7-14(15)16(25)23-17-22-8-9-28-17/h2-10,24H,1H3,(H,22,23,25). The molecule has 0 spiro atoms. The van der Waals surface area contributed by atoms with Gasteiger partial charge in [0, 0.05) is 11.6 Å². The first-order chi connectivity index (χ1) is 13.6. The van der Waals surface area contributed by atoms with Crippen LogP contribution in [0.4, 0.5) is 24.0 Å². The van der Waals surface area contributed by atoms with Crippen molar-refractivity contribution in [2.24, 2.45) is 0 Å². The molecule has 0 fully saturated rings. The number of carbonyl (C=O) groups is 1. The van der Waals surface area contributed by atoms with Crippen LogP contribution in [0.5, 0.6) is 0 Å². The van der Waals surface area contributed by atoms with Crippen LogP contribution in [0.1, 0.15) is 21.5 Å². The zero-order chi connectivity index (χ0) is 21.2. The van der Waals surface area contributed by atoms with E-state index in [-0.39, 0.29) is 15.6 Å². The third kappa shape index (κ3) is 4.93. The molecular formula is C18H14F3N3O3S2. The zero-order valence-corrected chi connectivity index (χ0v) is 16.5. The minimum Gasteiger partial charge on any atom is -0.298 e. The Kier molecular flexibility index (Phi) is 5.62. The maximum absolute atomic E-state index is 13.1. The Morgan fingerprint density at radius 1 is 1.10 bits per heavy atom. The number of aromatic nitrogens is 1. The summed E-state index contributed by atoms with van der Waals surface area (Å²) in [6.45, 7) is 1.76. The first-order valence-corrected chi connectivity index (χ1v) is 10.4. The monoisotopic (exact) mass is 441 g/mol. The van der Waals surface area contributed by atoms with Gasteiger partial charge in [-0.1, -0.05) is 17.7 Å². The highest BCUT2D eigenvalue weighted by molar-refractivity contribution is 7.92. The van der Waals surface area contributed by atoms with Crippen molar-refractivity contribution in [3.05, 3.63) is 70.7 Å². The van der Waals surface area contributed by atoms with Crippen LogP contribution < -0.4 is 10.0 Å². The van der Waals surface area contributed by atoms with E-state index in [4.69, 9.17) is 0 Å². The molecular weight excluding hydrogens is 427 g/mol. The number of halogens is 3. The predicted molar refractivity (Wildman–Crippen MR) is 103 cm³/mol. The smallest absolute Gasteiger partial charge is 0.298 e. The molecule has 6 nitrogen and oxygen atoms in total. The molecule has 3 aromatic rings. The fourth-order valence-electron chi connectivity index (χ4n) is 2.37. The first kappa shape index (κ1) is 20.8. The van der Waals surface area contributed by atoms with Gasteiger partial charge in [-0.3, -0.25) is 14.8 Å². The van der Waals surface area contributed by atoms with E-state index in [0.717, 1.165) is 23.0 Å². The number of rotatable bonds is 5. The van der Waals surface area contributed by atoms with Gasteiger partial charge in [-0.2, -0.15) is 13.2 Å². The second-order valence-corrected chi connectivity index (χ2v) is 8.55. The lowest BCUT2D eigenvalue weighted by Crippen LogP contribution is -2.19. The fourth-order valence-corrected chi connectivity index (χ4v) is 3.97. The van der Waals surface area contributed by atoms with E-state index in [1.807, 2.05) is 0 Å². The molecule has 152 valence electrons. The number of thiazole rings is 1. The van der Waals surface area contributed by atoms with Crippen LogP contribution in [-0.4, -0.2) is 19.3 Å². The maximum atomic E-state index is 13.1. The lowest BCUT2D eigenvalue weighted by molar-refractivity contribution is -0.137. The van der Waals surface area contributed by atoms with E-state index in [0.29, 0.717) is 12.1 Å². The normalized spacial score (nSPS) is 11.9. The number of sulfonamides is 1. The predicted octanol–water partition coefficient (Wildman–Crippen LogP) is 4.52. The second kappa shape index (κ2) is 7.84. The van der Waals surface area contributed by atoms with Gasteiger partial charge in [-0.25, -0.2) is 13.4 Å². The van der Waals surface area contributed by atoms with Crippen molar-refractivity contribution in [2.45, 2.75) is 18.0 Å². The summed E-state index contributed by atoms with van der Waals surface area (Å²) >= 11 is 1.11. The van der Waals surface area contributed by atoms with E-state index >= 15 is 0 Å². The number of hydrogen-bond acceptors (Lipinski definition) is 5. The Balaban J connectivity index is 2.01. The number of alkyl halides is 3. The van der Waals surface area contributed by atoms with Gasteiger partial charge in [0.25, 0.3) is 15.9 Å². The largest absolute Gasteiger partial charge is 0.416 e. The lowest BCUT2D eigenvalue weighted by atomic mass is 10.1. The van der Waals surface area contributed by atoms with Crippen LogP contribution in [0.2, 0.25) is 0 Å². The van der Waals surface area contributed by atoms with Gasteiger partial charge in [-0.05, 0) is 37.3 Å². The molecule has 0 aliphatic rings. The minimum absolute atomic E-state index is 0.146. The molecule has 1 aromatic heterocycles. The Labute approximate surface area is 168 Å². The highest BCUT2D eigenvalue weighted by Crippen LogP contribution is 2.33. The third-order valence-corrected chi connectivity index (χ3v) is 5.89. The molecule has 0 saturated carbocycles. The summed E-state index contributed by atoms with van der Waals surface area (Å²) < 4.78 is 66.7. The van der Waals surface area contributed by atoms with Crippen LogP contribution in [0.3, 0.4) is 0 Å². The fraction of sp³-hybridized carbons (Fsp3) is 0.111. The van der Waals surface area contributed by atoms with E-state index < -0.39 is 33.4 Å². The van der Waals surface area contributed by atoms with Gasteiger partial charge < -0.3 is 0 Å². The van der Waals surface area contributed by atoms with E-state index in [1.165, 1.54) is 18.3 Å². The molecule has 0 aliphatic carbocycles. The molecule has 0 aliphatic heterocycles. The summed E-state index contributed by atoms with van der Waals surface area (Å²) in [5.74, 6) is -0.796. The number of amides is 1. The summed E-state index contributed by atoms with van der Waals surface area (Å²) in [4.78, 5) is 16.2. The van der Waals surface area contributed by atoms with Crippen molar-refractivity contribution in [1.82, 2.24) is 4.98 Å². The van der Waals surface area contributed by atoms with E-state index in [9.17, 15) is 26.4 Å². The number of aryl methyl sites for hydroxylation is 1. The highest BCUT2D eigenvalue weighted by Gasteiger charge is 2.32. The Bertz CT molecular complexity index is 1130. The van der Waals surface area contributed by atoms with Gasteiger partial charge in [0.05, 0.1) is 21.7 Å². The van der Waals surface area contributed by atoms with Crippen LogP contribution >= 0.6 is 11.3 Å². The van der Waals surface area contributed by atoms with Crippen molar-refractivity contribution in [3.63, 3.8) is 0 Å². The van der Waals surface area contributed by atoms with Crippen LogP contribution in [0, 0.1) is 6.92 Å². The summed E-state index contributed by atoms with van der Waals surface area (Å²) in [5.41, 5.74) is -1.05. The van der Waals surface area contributed by atoms with Crippen LogP contribution in [0.15, 0.2) is 58.9 Å². The highest BCUT2D eigenvalue weighted by atomic mass is 32.2. The Morgan fingerprint density at radius 2 is 1.79 bits per heavy atom. The number of anilines is 2. The molecule has 0 saturated heterocycles. The quantitative estimate of drug-likeness (QED) is 0.609. The molecule has 29 heavy (non-hydrogen) atoms. The first-order valence-electron chi connectivity index (χ1n) is 8.08. The van der Waals surface area contributed by atoms with Crippen molar-refractivity contribution in [1.29, 1.82) is 0 Å². The molecule has 0 radical (unpaired) electrons. The molecule has 0 unspecified atom stereocenters. The SMILES string of the molecule is Cc1ccc(S(=O)(=O)Nc2cc(C(F)(F)F)ccc2C(=O)Nc2nccs2)cc1. The topological polar surface area (TPSA) is 88.2 Å². The molecule has 0 atom stereocenters. The Morgan fingerprint density at radius 3 is 2.38 bits per heavy atom. The molecule has 1 heterocycles.